The van der Waals surface area contributed by atoms with Crippen LogP contribution in [0.15, 0.2) is 79.0 Å². The number of fused-ring (bicyclic) bond motifs is 1. The van der Waals surface area contributed by atoms with Gasteiger partial charge in [-0.05, 0) is 68.5 Å². The molecular weight excluding hydrogens is 638 g/mol. The van der Waals surface area contributed by atoms with Crippen LogP contribution in [0.3, 0.4) is 0 Å². The largest absolute Gasteiger partial charge is 0.349 e. The fourth-order valence-electron chi connectivity index (χ4n) is 7.45. The molecule has 3 aliphatic rings. The SMILES string of the molecule is O=C(N[C@@H](CCN1CCNC(CN(CCCCN2C(=O)c3ccccc3C2=O)Cc2ccccn2)C1)c1ccccc1)C1CCC(F)(F)CC1. The Hall–Kier alpha value is -4.06. The monoisotopic (exact) mass is 686 g/mol. The van der Waals surface area contributed by atoms with Gasteiger partial charge < -0.3 is 15.5 Å². The standard InChI is InChI=1S/C39H48F2N6O3/c40-39(41)18-15-30(16-19-39)36(48)44-35(29-10-2-1-3-11-29)17-24-45-25-21-43-32(27-45)28-46(26-31-12-6-7-20-42-31)22-8-9-23-47-37(49)33-13-4-5-14-34(33)38(47)50/h1-7,10-14,20,30,32,35,43H,8-9,15-19,21-28H2,(H,44,48)/t32?,35-/m0/s1. The summed E-state index contributed by atoms with van der Waals surface area (Å²) in [6.45, 7) is 6.08. The predicted octanol–water partition coefficient (Wildman–Crippen LogP) is 5.31. The number of halogens is 2. The van der Waals surface area contributed by atoms with Gasteiger partial charge in [0.05, 0.1) is 22.9 Å². The van der Waals surface area contributed by atoms with Crippen molar-refractivity contribution in [1.82, 2.24) is 30.3 Å². The van der Waals surface area contributed by atoms with E-state index in [2.05, 4.69) is 25.4 Å². The number of hydrogen-bond donors (Lipinski definition) is 2. The van der Waals surface area contributed by atoms with Crippen molar-refractivity contribution in [3.8, 4) is 0 Å². The number of nitrogens with one attached hydrogen (secondary N) is 2. The Labute approximate surface area is 293 Å². The van der Waals surface area contributed by atoms with Crippen LogP contribution in [0.4, 0.5) is 8.78 Å². The van der Waals surface area contributed by atoms with Gasteiger partial charge in [-0.15, -0.1) is 0 Å². The van der Waals surface area contributed by atoms with Crippen molar-refractivity contribution in [1.29, 1.82) is 0 Å². The summed E-state index contributed by atoms with van der Waals surface area (Å²) in [4.78, 5) is 49.6. The average molecular weight is 687 g/mol. The van der Waals surface area contributed by atoms with Crippen molar-refractivity contribution < 1.29 is 23.2 Å². The van der Waals surface area contributed by atoms with Crippen LogP contribution in [0.1, 0.15) is 83.0 Å². The first-order valence-corrected chi connectivity index (χ1v) is 18.0. The second kappa shape index (κ2) is 16.8. The molecule has 6 rings (SSSR count). The molecule has 1 aliphatic carbocycles. The summed E-state index contributed by atoms with van der Waals surface area (Å²) < 4.78 is 27.5. The maximum atomic E-state index is 13.7. The van der Waals surface area contributed by atoms with E-state index in [0.29, 0.717) is 30.6 Å². The molecule has 0 spiro atoms. The van der Waals surface area contributed by atoms with E-state index in [-0.39, 0.29) is 61.4 Å². The minimum atomic E-state index is -2.66. The molecule has 11 heteroatoms. The Morgan fingerprint density at radius 1 is 0.940 bits per heavy atom. The van der Waals surface area contributed by atoms with Gasteiger partial charge in [0, 0.05) is 76.8 Å². The summed E-state index contributed by atoms with van der Waals surface area (Å²) in [5.41, 5.74) is 2.98. The quantitative estimate of drug-likeness (QED) is 0.165. The first-order valence-electron chi connectivity index (χ1n) is 18.0. The Bertz CT molecular complexity index is 1550. The highest BCUT2D eigenvalue weighted by Gasteiger charge is 2.38. The number of carbonyl (C=O) groups is 3. The van der Waals surface area contributed by atoms with Gasteiger partial charge in [-0.25, -0.2) is 8.78 Å². The molecule has 3 aromatic rings. The van der Waals surface area contributed by atoms with Gasteiger partial charge >= 0.3 is 0 Å². The Morgan fingerprint density at radius 3 is 2.34 bits per heavy atom. The maximum Gasteiger partial charge on any atom is 0.261 e. The van der Waals surface area contributed by atoms with Gasteiger partial charge in [0.1, 0.15) is 0 Å². The number of unbranched alkanes of at least 4 members (excludes halogenated alkanes) is 1. The lowest BCUT2D eigenvalue weighted by Crippen LogP contribution is -2.55. The van der Waals surface area contributed by atoms with Crippen molar-refractivity contribution in [2.75, 3.05) is 45.8 Å². The smallest absolute Gasteiger partial charge is 0.261 e. The van der Waals surface area contributed by atoms with E-state index in [9.17, 15) is 23.2 Å². The topological polar surface area (TPSA) is 97.9 Å². The van der Waals surface area contributed by atoms with E-state index >= 15 is 0 Å². The maximum absolute atomic E-state index is 13.7. The number of pyridine rings is 1. The average Bonchev–Trinajstić information content (AvgIpc) is 3.37. The van der Waals surface area contributed by atoms with E-state index in [4.69, 9.17) is 0 Å². The molecule has 1 unspecified atom stereocenters. The van der Waals surface area contributed by atoms with Gasteiger partial charge in [0.25, 0.3) is 11.8 Å². The highest BCUT2D eigenvalue weighted by atomic mass is 19.3. The molecule has 266 valence electrons. The molecule has 2 atom stereocenters. The summed E-state index contributed by atoms with van der Waals surface area (Å²) in [7, 11) is 0. The van der Waals surface area contributed by atoms with E-state index < -0.39 is 5.92 Å². The normalized spacial score (nSPS) is 20.2. The molecule has 1 saturated heterocycles. The van der Waals surface area contributed by atoms with Crippen molar-refractivity contribution in [3.05, 3.63) is 101 Å². The molecule has 1 aromatic heterocycles. The summed E-state index contributed by atoms with van der Waals surface area (Å²) in [6.07, 6.45) is 4.05. The number of benzene rings is 2. The minimum Gasteiger partial charge on any atom is -0.349 e. The molecule has 0 bridgehead atoms. The lowest BCUT2D eigenvalue weighted by atomic mass is 9.86. The van der Waals surface area contributed by atoms with Crippen LogP contribution in [-0.4, -0.2) is 95.2 Å². The molecule has 2 aliphatic heterocycles. The number of rotatable bonds is 15. The van der Waals surface area contributed by atoms with Crippen LogP contribution in [-0.2, 0) is 11.3 Å². The Balaban J connectivity index is 1.02. The van der Waals surface area contributed by atoms with E-state index in [1.165, 1.54) is 4.90 Å². The number of aromatic nitrogens is 1. The molecule has 2 N–H and O–H groups in total. The first kappa shape index (κ1) is 35.8. The lowest BCUT2D eigenvalue weighted by molar-refractivity contribution is -0.130. The number of nitrogens with zero attached hydrogens (tertiary/aromatic N) is 4. The molecular formula is C39H48F2N6O3. The van der Waals surface area contributed by atoms with Crippen LogP contribution in [0, 0.1) is 5.92 Å². The molecule has 1 saturated carbocycles. The molecule has 3 heterocycles. The summed E-state index contributed by atoms with van der Waals surface area (Å²) in [5, 5.41) is 6.90. The number of alkyl halides is 2. The van der Waals surface area contributed by atoms with Gasteiger partial charge in [-0.1, -0.05) is 48.5 Å². The van der Waals surface area contributed by atoms with E-state index in [0.717, 1.165) is 63.4 Å². The summed E-state index contributed by atoms with van der Waals surface area (Å²) in [6, 6.07) is 22.9. The van der Waals surface area contributed by atoms with Gasteiger partial charge in [0.2, 0.25) is 11.8 Å². The fourth-order valence-corrected chi connectivity index (χ4v) is 7.45. The van der Waals surface area contributed by atoms with Crippen molar-refractivity contribution in [3.63, 3.8) is 0 Å². The summed E-state index contributed by atoms with van der Waals surface area (Å²) >= 11 is 0. The van der Waals surface area contributed by atoms with E-state index in [1.807, 2.05) is 54.7 Å². The van der Waals surface area contributed by atoms with Gasteiger partial charge in [-0.2, -0.15) is 0 Å². The number of carbonyl (C=O) groups excluding carboxylic acids is 3. The zero-order valence-electron chi connectivity index (χ0n) is 28.6. The molecule has 3 amide bonds. The minimum absolute atomic E-state index is 0.124. The van der Waals surface area contributed by atoms with Crippen LogP contribution in [0.5, 0.6) is 0 Å². The number of imide groups is 1. The Morgan fingerprint density at radius 2 is 1.64 bits per heavy atom. The highest BCUT2D eigenvalue weighted by molar-refractivity contribution is 6.21. The second-order valence-corrected chi connectivity index (χ2v) is 13.9. The molecule has 0 radical (unpaired) electrons. The Kier molecular flexibility index (Phi) is 12.0. The lowest BCUT2D eigenvalue weighted by Gasteiger charge is -2.37. The fraction of sp³-hybridized carbons (Fsp3) is 0.487. The molecule has 2 fully saturated rings. The van der Waals surface area contributed by atoms with Crippen LogP contribution in [0.25, 0.3) is 0 Å². The molecule has 2 aromatic carbocycles. The van der Waals surface area contributed by atoms with Crippen LogP contribution < -0.4 is 10.6 Å². The third kappa shape index (κ3) is 9.38. The van der Waals surface area contributed by atoms with Crippen molar-refractivity contribution in [2.24, 2.45) is 5.92 Å². The van der Waals surface area contributed by atoms with Crippen LogP contribution >= 0.6 is 0 Å². The first-order chi connectivity index (χ1) is 24.3. The van der Waals surface area contributed by atoms with Gasteiger partial charge in [-0.3, -0.25) is 29.2 Å². The van der Waals surface area contributed by atoms with Gasteiger partial charge in [0.15, 0.2) is 0 Å². The molecule has 50 heavy (non-hydrogen) atoms. The number of piperazine rings is 1. The van der Waals surface area contributed by atoms with Crippen molar-refractivity contribution >= 4 is 17.7 Å². The zero-order chi connectivity index (χ0) is 34.9. The zero-order valence-corrected chi connectivity index (χ0v) is 28.6. The third-order valence-corrected chi connectivity index (χ3v) is 10.3. The third-order valence-electron chi connectivity index (χ3n) is 10.3. The van der Waals surface area contributed by atoms with Crippen molar-refractivity contribution in [2.45, 2.75) is 69.5 Å². The molecule has 9 nitrogen and oxygen atoms in total. The van der Waals surface area contributed by atoms with E-state index in [1.54, 1.807) is 24.3 Å². The predicted molar refractivity (Wildman–Crippen MR) is 188 cm³/mol. The van der Waals surface area contributed by atoms with Crippen LogP contribution in [0.2, 0.25) is 0 Å². The number of hydrogen-bond acceptors (Lipinski definition) is 7. The summed E-state index contributed by atoms with van der Waals surface area (Å²) in [5.74, 6) is -3.59. The second-order valence-electron chi connectivity index (χ2n) is 13.9. The highest BCUT2D eigenvalue weighted by Crippen LogP contribution is 2.36. The number of amides is 3.